The first-order valence-electron chi connectivity index (χ1n) is 9.79. The summed E-state index contributed by atoms with van der Waals surface area (Å²) in [5, 5.41) is 6.49. The summed E-state index contributed by atoms with van der Waals surface area (Å²) in [6, 6.07) is 15.5. The second-order valence-corrected chi connectivity index (χ2v) is 7.23. The molecule has 4 aromatic rings. The molecule has 8 heteroatoms. The molecule has 4 rings (SSSR count). The van der Waals surface area contributed by atoms with E-state index >= 15 is 0 Å². The summed E-state index contributed by atoms with van der Waals surface area (Å²) < 4.78 is 38.9. The largest absolute Gasteiger partial charge is 0.416 e. The number of nitrogens with zero attached hydrogens (tertiary/aromatic N) is 2. The first-order valence-corrected chi connectivity index (χ1v) is 9.79. The van der Waals surface area contributed by atoms with Crippen LogP contribution in [0.15, 0.2) is 66.9 Å². The lowest BCUT2D eigenvalue weighted by Gasteiger charge is -2.14. The van der Waals surface area contributed by atoms with Gasteiger partial charge < -0.3 is 10.6 Å². The van der Waals surface area contributed by atoms with Crippen molar-refractivity contribution in [3.63, 3.8) is 0 Å². The highest BCUT2D eigenvalue weighted by atomic mass is 19.4. The molecule has 0 unspecified atom stereocenters. The summed E-state index contributed by atoms with van der Waals surface area (Å²) in [7, 11) is 1.75. The minimum atomic E-state index is -4.51. The van der Waals surface area contributed by atoms with Crippen molar-refractivity contribution >= 4 is 28.4 Å². The molecule has 0 fully saturated rings. The molecule has 0 bridgehead atoms. The molecule has 32 heavy (non-hydrogen) atoms. The lowest BCUT2D eigenvalue weighted by molar-refractivity contribution is -0.137. The number of carbonyl (C=O) groups excluding carboxylic acids is 1. The Morgan fingerprint density at radius 2 is 1.78 bits per heavy atom. The van der Waals surface area contributed by atoms with Crippen LogP contribution in [0.1, 0.15) is 21.5 Å². The third-order valence-electron chi connectivity index (χ3n) is 5.15. The normalized spacial score (nSPS) is 11.4. The first-order chi connectivity index (χ1) is 15.3. The van der Waals surface area contributed by atoms with Gasteiger partial charge in [0.2, 0.25) is 5.95 Å². The zero-order valence-electron chi connectivity index (χ0n) is 17.3. The highest BCUT2D eigenvalue weighted by molar-refractivity contribution is 6.05. The lowest BCUT2D eigenvalue weighted by atomic mass is 9.98. The van der Waals surface area contributed by atoms with Gasteiger partial charge in [0, 0.05) is 29.9 Å². The number of anilines is 2. The minimum Gasteiger partial charge on any atom is -0.357 e. The quantitative estimate of drug-likeness (QED) is 0.417. The van der Waals surface area contributed by atoms with E-state index in [2.05, 4.69) is 20.6 Å². The van der Waals surface area contributed by atoms with E-state index in [1.807, 2.05) is 31.2 Å². The van der Waals surface area contributed by atoms with Gasteiger partial charge in [-0.05, 0) is 60.0 Å². The fourth-order valence-corrected chi connectivity index (χ4v) is 3.44. The molecule has 0 radical (unpaired) electrons. The summed E-state index contributed by atoms with van der Waals surface area (Å²) in [6.07, 6.45) is -2.79. The van der Waals surface area contributed by atoms with Gasteiger partial charge in [0.15, 0.2) is 0 Å². The zero-order valence-corrected chi connectivity index (χ0v) is 17.3. The molecule has 0 spiro atoms. The molecule has 162 valence electrons. The molecule has 0 aliphatic heterocycles. The van der Waals surface area contributed by atoms with Crippen molar-refractivity contribution in [1.29, 1.82) is 0 Å². The fourth-order valence-electron chi connectivity index (χ4n) is 3.44. The highest BCUT2D eigenvalue weighted by Gasteiger charge is 2.30. The second-order valence-electron chi connectivity index (χ2n) is 7.23. The summed E-state index contributed by atoms with van der Waals surface area (Å²) in [4.78, 5) is 21.3. The van der Waals surface area contributed by atoms with Gasteiger partial charge in [-0.1, -0.05) is 24.3 Å². The zero-order chi connectivity index (χ0) is 22.9. The van der Waals surface area contributed by atoms with E-state index in [0.717, 1.165) is 39.7 Å². The van der Waals surface area contributed by atoms with Gasteiger partial charge in [0.1, 0.15) is 0 Å². The topological polar surface area (TPSA) is 66.9 Å². The average molecular weight is 436 g/mol. The molecule has 1 amide bonds. The highest BCUT2D eigenvalue weighted by Crippen LogP contribution is 2.32. The molecule has 0 aliphatic carbocycles. The average Bonchev–Trinajstić information content (AvgIpc) is 2.79. The maximum Gasteiger partial charge on any atom is 0.416 e. The summed E-state index contributed by atoms with van der Waals surface area (Å²) in [5.41, 5.74) is 2.96. The van der Waals surface area contributed by atoms with Crippen LogP contribution in [-0.2, 0) is 6.18 Å². The van der Waals surface area contributed by atoms with Crippen LogP contribution in [0.2, 0.25) is 0 Å². The van der Waals surface area contributed by atoms with Crippen LogP contribution in [0, 0.1) is 6.92 Å². The van der Waals surface area contributed by atoms with E-state index in [1.165, 1.54) is 12.1 Å². The van der Waals surface area contributed by atoms with E-state index in [9.17, 15) is 18.0 Å². The van der Waals surface area contributed by atoms with Crippen LogP contribution in [0.4, 0.5) is 24.8 Å². The Labute approximate surface area is 182 Å². The van der Waals surface area contributed by atoms with Crippen LogP contribution in [0.25, 0.3) is 22.0 Å². The van der Waals surface area contributed by atoms with Crippen LogP contribution in [-0.4, -0.2) is 22.9 Å². The van der Waals surface area contributed by atoms with Crippen molar-refractivity contribution < 1.29 is 18.0 Å². The van der Waals surface area contributed by atoms with Crippen molar-refractivity contribution in [2.24, 2.45) is 0 Å². The van der Waals surface area contributed by atoms with Gasteiger partial charge in [-0.25, -0.2) is 9.97 Å². The van der Waals surface area contributed by atoms with Crippen LogP contribution in [0.5, 0.6) is 0 Å². The SMILES string of the molecule is CNc1ncc2cc(-c3cccc(NC(=O)c4cccc(C(F)(F)F)c4)c3C)ccc2n1. The third-order valence-corrected chi connectivity index (χ3v) is 5.15. The van der Waals surface area contributed by atoms with Gasteiger partial charge >= 0.3 is 6.18 Å². The van der Waals surface area contributed by atoms with E-state index in [0.29, 0.717) is 11.6 Å². The number of hydrogen-bond acceptors (Lipinski definition) is 4. The Kier molecular flexibility index (Phi) is 5.52. The predicted molar refractivity (Wildman–Crippen MR) is 119 cm³/mol. The standard InChI is InChI=1S/C24H19F3N4O/c1-14-19(15-9-10-21-17(11-15)13-29-23(28-2)31-21)7-4-8-20(14)30-22(32)16-5-3-6-18(12-16)24(25,26)27/h3-13H,1-2H3,(H,30,32)(H,28,29,31). The van der Waals surface area contributed by atoms with Crippen LogP contribution >= 0.6 is 0 Å². The van der Waals surface area contributed by atoms with Crippen molar-refractivity contribution in [3.8, 4) is 11.1 Å². The number of nitrogens with one attached hydrogen (secondary N) is 2. The molecule has 5 nitrogen and oxygen atoms in total. The van der Waals surface area contributed by atoms with Gasteiger partial charge in [-0.3, -0.25) is 4.79 Å². The van der Waals surface area contributed by atoms with Crippen molar-refractivity contribution in [3.05, 3.63) is 83.6 Å². The fraction of sp³-hybridized carbons (Fsp3) is 0.125. The van der Waals surface area contributed by atoms with Gasteiger partial charge in [0.25, 0.3) is 5.91 Å². The molecule has 1 heterocycles. The summed E-state index contributed by atoms with van der Waals surface area (Å²) in [6.45, 7) is 1.85. The van der Waals surface area contributed by atoms with Gasteiger partial charge in [-0.15, -0.1) is 0 Å². The number of amides is 1. The number of carbonyl (C=O) groups is 1. The number of hydrogen-bond donors (Lipinski definition) is 2. The van der Waals surface area contributed by atoms with Crippen molar-refractivity contribution in [2.45, 2.75) is 13.1 Å². The second kappa shape index (κ2) is 8.30. The van der Waals surface area contributed by atoms with E-state index in [1.54, 1.807) is 25.4 Å². The summed E-state index contributed by atoms with van der Waals surface area (Å²) in [5.74, 6) is -0.0800. The number of alkyl halides is 3. The Morgan fingerprint density at radius 1 is 1.00 bits per heavy atom. The molecular weight excluding hydrogens is 417 g/mol. The molecule has 2 N–H and O–H groups in total. The molecule has 1 aromatic heterocycles. The van der Waals surface area contributed by atoms with Gasteiger partial charge in [0.05, 0.1) is 11.1 Å². The monoisotopic (exact) mass is 436 g/mol. The third kappa shape index (κ3) is 4.25. The first kappa shape index (κ1) is 21.3. The Balaban J connectivity index is 1.64. The predicted octanol–water partition coefficient (Wildman–Crippen LogP) is 5.92. The van der Waals surface area contributed by atoms with Crippen molar-refractivity contribution in [2.75, 3.05) is 17.7 Å². The van der Waals surface area contributed by atoms with Gasteiger partial charge in [-0.2, -0.15) is 13.2 Å². The molecule has 0 saturated heterocycles. The number of halogens is 3. The minimum absolute atomic E-state index is 0.0622. The molecule has 0 saturated carbocycles. The number of rotatable bonds is 4. The smallest absolute Gasteiger partial charge is 0.357 e. The lowest BCUT2D eigenvalue weighted by Crippen LogP contribution is -2.14. The Bertz CT molecular complexity index is 1320. The number of fused-ring (bicyclic) bond motifs is 1. The van der Waals surface area contributed by atoms with Crippen molar-refractivity contribution in [1.82, 2.24) is 9.97 Å². The molecule has 0 aliphatic rings. The molecule has 0 atom stereocenters. The number of benzene rings is 3. The van der Waals surface area contributed by atoms with E-state index in [4.69, 9.17) is 0 Å². The molecule has 3 aromatic carbocycles. The number of aromatic nitrogens is 2. The maximum atomic E-state index is 13.0. The van der Waals surface area contributed by atoms with Crippen LogP contribution in [0.3, 0.4) is 0 Å². The molecular formula is C24H19F3N4O. The summed E-state index contributed by atoms with van der Waals surface area (Å²) >= 11 is 0. The Hall–Kier alpha value is -3.94. The Morgan fingerprint density at radius 3 is 2.53 bits per heavy atom. The maximum absolute atomic E-state index is 13.0. The van der Waals surface area contributed by atoms with E-state index in [-0.39, 0.29) is 5.56 Å². The van der Waals surface area contributed by atoms with E-state index < -0.39 is 17.6 Å². The van der Waals surface area contributed by atoms with Crippen LogP contribution < -0.4 is 10.6 Å².